The lowest BCUT2D eigenvalue weighted by Crippen LogP contribution is -2.37. The summed E-state index contributed by atoms with van der Waals surface area (Å²) in [6.07, 6.45) is 0. The highest BCUT2D eigenvalue weighted by atomic mass is 16.5. The van der Waals surface area contributed by atoms with Gasteiger partial charge in [0.25, 0.3) is 0 Å². The summed E-state index contributed by atoms with van der Waals surface area (Å²) in [5.41, 5.74) is 0.225. The molecule has 0 aliphatic heterocycles. The summed E-state index contributed by atoms with van der Waals surface area (Å²) in [6, 6.07) is 19.0. The minimum Gasteiger partial charge on any atom is -0.490 e. The average Bonchev–Trinajstić information content (AvgIpc) is 2.47. The molecule has 104 valence electrons. The van der Waals surface area contributed by atoms with Crippen LogP contribution in [0.5, 0.6) is 5.75 Å². The van der Waals surface area contributed by atoms with E-state index in [2.05, 4.69) is 11.9 Å². The zero-order valence-electron chi connectivity index (χ0n) is 11.5. The maximum atomic E-state index is 10.4. The largest absolute Gasteiger partial charge is 0.490 e. The Bertz CT molecular complexity index is 550. The Balaban J connectivity index is 1.94. The van der Waals surface area contributed by atoms with Crippen LogP contribution in [-0.2, 0) is 0 Å². The van der Waals surface area contributed by atoms with Crippen LogP contribution in [-0.4, -0.2) is 17.3 Å². The first-order valence-electron chi connectivity index (χ1n) is 6.49. The zero-order valence-corrected chi connectivity index (χ0v) is 11.5. The summed E-state index contributed by atoms with van der Waals surface area (Å²) >= 11 is 0. The van der Waals surface area contributed by atoms with E-state index in [0.29, 0.717) is 5.70 Å². The lowest BCUT2D eigenvalue weighted by molar-refractivity contribution is 0.0453. The fourth-order valence-corrected chi connectivity index (χ4v) is 1.66. The van der Waals surface area contributed by atoms with Crippen LogP contribution in [0, 0.1) is 0 Å². The second-order valence-corrected chi connectivity index (χ2v) is 4.85. The molecule has 0 amide bonds. The van der Waals surface area contributed by atoms with Crippen molar-refractivity contribution in [1.29, 1.82) is 0 Å². The maximum Gasteiger partial charge on any atom is 0.135 e. The van der Waals surface area contributed by atoms with Crippen LogP contribution in [0.3, 0.4) is 0 Å². The van der Waals surface area contributed by atoms with Crippen molar-refractivity contribution in [1.82, 2.24) is 0 Å². The van der Waals surface area contributed by atoms with Crippen LogP contribution >= 0.6 is 0 Å². The van der Waals surface area contributed by atoms with Crippen molar-refractivity contribution < 1.29 is 9.84 Å². The Morgan fingerprint density at radius 3 is 2.25 bits per heavy atom. The molecule has 0 radical (unpaired) electrons. The molecule has 20 heavy (non-hydrogen) atoms. The van der Waals surface area contributed by atoms with Crippen LogP contribution < -0.4 is 10.1 Å². The fourth-order valence-electron chi connectivity index (χ4n) is 1.66. The van der Waals surface area contributed by atoms with Gasteiger partial charge in [0.15, 0.2) is 0 Å². The molecular formula is C17H19NO2. The third-order valence-electron chi connectivity index (χ3n) is 2.98. The van der Waals surface area contributed by atoms with Gasteiger partial charge in [0.2, 0.25) is 0 Å². The molecule has 2 aromatic carbocycles. The number of aliphatic hydroxyl groups is 1. The van der Waals surface area contributed by atoms with E-state index >= 15 is 0 Å². The lowest BCUT2D eigenvalue weighted by Gasteiger charge is -2.26. The first kappa shape index (κ1) is 14.2. The smallest absolute Gasteiger partial charge is 0.135 e. The fraction of sp³-hybridized carbons (Fsp3) is 0.176. The van der Waals surface area contributed by atoms with Crippen molar-refractivity contribution in [3.63, 3.8) is 0 Å². The van der Waals surface area contributed by atoms with Crippen molar-refractivity contribution in [3.05, 3.63) is 72.9 Å². The third kappa shape index (κ3) is 3.87. The molecule has 1 atom stereocenters. The molecule has 0 saturated heterocycles. The van der Waals surface area contributed by atoms with Crippen LogP contribution in [0.25, 0.3) is 0 Å². The van der Waals surface area contributed by atoms with E-state index < -0.39 is 5.60 Å². The number of nitrogens with one attached hydrogen (secondary N) is 1. The number of rotatable bonds is 6. The van der Waals surface area contributed by atoms with E-state index in [1.165, 1.54) is 0 Å². The summed E-state index contributed by atoms with van der Waals surface area (Å²) in [6.45, 7) is 5.70. The SMILES string of the molecule is C=C(Nc1ccccc1)[C@@](C)(O)COc1ccccc1. The number of benzene rings is 2. The highest BCUT2D eigenvalue weighted by Gasteiger charge is 2.25. The summed E-state index contributed by atoms with van der Waals surface area (Å²) in [4.78, 5) is 0. The van der Waals surface area contributed by atoms with Gasteiger partial charge in [0, 0.05) is 11.4 Å². The van der Waals surface area contributed by atoms with Gasteiger partial charge >= 0.3 is 0 Å². The minimum atomic E-state index is -1.16. The van der Waals surface area contributed by atoms with E-state index in [9.17, 15) is 5.11 Å². The van der Waals surface area contributed by atoms with Gasteiger partial charge in [-0.25, -0.2) is 0 Å². The van der Waals surface area contributed by atoms with Crippen molar-refractivity contribution in [2.45, 2.75) is 12.5 Å². The Morgan fingerprint density at radius 2 is 1.65 bits per heavy atom. The number of hydrogen-bond donors (Lipinski definition) is 2. The number of para-hydroxylation sites is 2. The molecule has 2 aromatic rings. The molecule has 0 aliphatic carbocycles. The molecule has 0 unspecified atom stereocenters. The highest BCUT2D eigenvalue weighted by molar-refractivity contribution is 5.49. The second kappa shape index (κ2) is 6.26. The lowest BCUT2D eigenvalue weighted by atomic mass is 10.0. The first-order chi connectivity index (χ1) is 9.58. The van der Waals surface area contributed by atoms with Gasteiger partial charge in [0.05, 0.1) is 0 Å². The summed E-state index contributed by atoms with van der Waals surface area (Å²) in [7, 11) is 0. The second-order valence-electron chi connectivity index (χ2n) is 4.85. The predicted molar refractivity (Wildman–Crippen MR) is 81.8 cm³/mol. The molecule has 3 heteroatoms. The molecule has 0 saturated carbocycles. The van der Waals surface area contributed by atoms with Crippen molar-refractivity contribution in [2.24, 2.45) is 0 Å². The highest BCUT2D eigenvalue weighted by Crippen LogP contribution is 2.20. The van der Waals surface area contributed by atoms with Gasteiger partial charge in [0.1, 0.15) is 18.0 Å². The predicted octanol–water partition coefficient (Wildman–Crippen LogP) is 3.44. The Morgan fingerprint density at radius 1 is 1.10 bits per heavy atom. The Hall–Kier alpha value is -2.26. The number of ether oxygens (including phenoxy) is 1. The third-order valence-corrected chi connectivity index (χ3v) is 2.98. The van der Waals surface area contributed by atoms with Crippen LogP contribution in [0.2, 0.25) is 0 Å². The number of hydrogen-bond acceptors (Lipinski definition) is 3. The average molecular weight is 269 g/mol. The quantitative estimate of drug-likeness (QED) is 0.844. The normalized spacial score (nSPS) is 13.3. The van der Waals surface area contributed by atoms with Crippen molar-refractivity contribution in [2.75, 3.05) is 11.9 Å². The number of anilines is 1. The van der Waals surface area contributed by atoms with Gasteiger partial charge in [-0.15, -0.1) is 0 Å². The summed E-state index contributed by atoms with van der Waals surface area (Å²) < 4.78 is 5.58. The molecule has 2 rings (SSSR count). The summed E-state index contributed by atoms with van der Waals surface area (Å²) in [5, 5.41) is 13.5. The van der Waals surface area contributed by atoms with Crippen LogP contribution in [0.4, 0.5) is 5.69 Å². The maximum absolute atomic E-state index is 10.4. The monoisotopic (exact) mass is 269 g/mol. The van der Waals surface area contributed by atoms with E-state index in [-0.39, 0.29) is 6.61 Å². The molecule has 2 N–H and O–H groups in total. The molecule has 0 bridgehead atoms. The molecule has 0 heterocycles. The molecule has 0 aliphatic rings. The standard InChI is InChI=1S/C17H19NO2/c1-14(18-15-9-5-3-6-10-15)17(2,19)13-20-16-11-7-4-8-12-16/h3-12,18-19H,1,13H2,2H3/t17-/m0/s1. The molecule has 0 fully saturated rings. The Labute approximate surface area is 119 Å². The van der Waals surface area contributed by atoms with Gasteiger partial charge in [-0.2, -0.15) is 0 Å². The van der Waals surface area contributed by atoms with Crippen LogP contribution in [0.15, 0.2) is 72.9 Å². The van der Waals surface area contributed by atoms with Gasteiger partial charge in [-0.05, 0) is 31.2 Å². The van der Waals surface area contributed by atoms with E-state index in [4.69, 9.17) is 4.74 Å². The molecule has 3 nitrogen and oxygen atoms in total. The van der Waals surface area contributed by atoms with E-state index in [1.807, 2.05) is 60.7 Å². The van der Waals surface area contributed by atoms with Gasteiger partial charge < -0.3 is 15.2 Å². The molecule has 0 spiro atoms. The Kier molecular flexibility index (Phi) is 4.43. The van der Waals surface area contributed by atoms with Crippen molar-refractivity contribution >= 4 is 5.69 Å². The van der Waals surface area contributed by atoms with E-state index in [0.717, 1.165) is 11.4 Å². The van der Waals surface area contributed by atoms with Crippen LogP contribution in [0.1, 0.15) is 6.92 Å². The minimum absolute atomic E-state index is 0.135. The first-order valence-corrected chi connectivity index (χ1v) is 6.49. The zero-order chi connectivity index (χ0) is 14.4. The van der Waals surface area contributed by atoms with E-state index in [1.54, 1.807) is 6.92 Å². The molecular weight excluding hydrogens is 250 g/mol. The molecule has 0 aromatic heterocycles. The topological polar surface area (TPSA) is 41.5 Å². The van der Waals surface area contributed by atoms with Gasteiger partial charge in [-0.1, -0.05) is 43.0 Å². The summed E-state index contributed by atoms with van der Waals surface area (Å²) in [5.74, 6) is 0.722. The van der Waals surface area contributed by atoms with Gasteiger partial charge in [-0.3, -0.25) is 0 Å². The van der Waals surface area contributed by atoms with Crippen molar-refractivity contribution in [3.8, 4) is 5.75 Å².